The minimum absolute atomic E-state index is 0.112. The van der Waals surface area contributed by atoms with E-state index in [2.05, 4.69) is 0 Å². The van der Waals surface area contributed by atoms with Crippen molar-refractivity contribution in [3.8, 4) is 0 Å². The number of aliphatic hydroxyl groups is 2. The summed E-state index contributed by atoms with van der Waals surface area (Å²) in [7, 11) is 0. The first kappa shape index (κ1) is 14.1. The average Bonchev–Trinajstić information content (AvgIpc) is 2.62. The Morgan fingerprint density at radius 1 is 1.63 bits per heavy atom. The third-order valence-electron chi connectivity index (χ3n) is 3.50. The number of aliphatic hydroxyl groups excluding tert-OH is 2. The minimum atomic E-state index is -0.609. The van der Waals surface area contributed by atoms with Crippen LogP contribution >= 0.6 is 0 Å². The van der Waals surface area contributed by atoms with Gasteiger partial charge in [-0.15, -0.1) is 0 Å². The van der Waals surface area contributed by atoms with Gasteiger partial charge in [0.1, 0.15) is 6.10 Å². The Labute approximate surface area is 113 Å². The van der Waals surface area contributed by atoms with Gasteiger partial charge in [-0.1, -0.05) is 12.2 Å². The van der Waals surface area contributed by atoms with Gasteiger partial charge in [0.2, 0.25) is 0 Å². The molecule has 5 heteroatoms. The van der Waals surface area contributed by atoms with Crippen molar-refractivity contribution in [2.45, 2.75) is 51.0 Å². The second kappa shape index (κ2) is 5.75. The normalized spacial score (nSPS) is 32.2. The molecule has 5 nitrogen and oxygen atoms in total. The first-order valence-corrected chi connectivity index (χ1v) is 6.67. The van der Waals surface area contributed by atoms with Crippen molar-refractivity contribution in [1.29, 1.82) is 0 Å². The molecule has 0 radical (unpaired) electrons. The van der Waals surface area contributed by atoms with Crippen LogP contribution < -0.4 is 0 Å². The molecule has 0 bridgehead atoms. The molecule has 1 fully saturated rings. The third kappa shape index (κ3) is 3.16. The highest BCUT2D eigenvalue weighted by Gasteiger charge is 2.43. The average molecular weight is 267 g/mol. The van der Waals surface area contributed by atoms with Crippen LogP contribution in [0.4, 0.5) is 4.79 Å². The molecule has 2 aliphatic rings. The molecular weight excluding hydrogens is 246 g/mol. The lowest BCUT2D eigenvalue weighted by molar-refractivity contribution is 0.126. The number of rotatable bonds is 4. The first-order valence-electron chi connectivity index (χ1n) is 6.67. The molecule has 0 aliphatic carbocycles. The zero-order valence-electron chi connectivity index (χ0n) is 11.3. The fraction of sp³-hybridized carbons (Fsp3) is 0.643. The largest absolute Gasteiger partial charge is 0.439 e. The predicted molar refractivity (Wildman–Crippen MR) is 70.6 cm³/mol. The van der Waals surface area contributed by atoms with Gasteiger partial charge in [0.25, 0.3) is 0 Å². The fourth-order valence-corrected chi connectivity index (χ4v) is 2.60. The topological polar surface area (TPSA) is 70.0 Å². The number of amides is 1. The number of hydrogen-bond donors (Lipinski definition) is 2. The smallest absolute Gasteiger partial charge is 0.411 e. The predicted octanol–water partition coefficient (Wildman–Crippen LogP) is 1.21. The summed E-state index contributed by atoms with van der Waals surface area (Å²) in [5.74, 6) is 0. The molecule has 0 spiro atoms. The summed E-state index contributed by atoms with van der Waals surface area (Å²) < 4.78 is 5.32. The number of hydrogen-bond acceptors (Lipinski definition) is 4. The van der Waals surface area contributed by atoms with Gasteiger partial charge >= 0.3 is 6.09 Å². The molecule has 2 N–H and O–H groups in total. The van der Waals surface area contributed by atoms with Crippen molar-refractivity contribution in [1.82, 2.24) is 4.90 Å². The Morgan fingerprint density at radius 2 is 2.37 bits per heavy atom. The van der Waals surface area contributed by atoms with E-state index in [4.69, 9.17) is 4.74 Å². The third-order valence-corrected chi connectivity index (χ3v) is 3.50. The van der Waals surface area contributed by atoms with E-state index < -0.39 is 6.10 Å². The SMILES string of the molecule is CC1=C[C@@H](O)CN2C(=O)O[C@@H](/C=C/CC[C@@H](C)O)[C@H]12. The molecule has 0 aromatic rings. The summed E-state index contributed by atoms with van der Waals surface area (Å²) in [5, 5.41) is 18.8. The van der Waals surface area contributed by atoms with Crippen LogP contribution in [0.1, 0.15) is 26.7 Å². The molecule has 1 amide bonds. The maximum absolute atomic E-state index is 11.7. The van der Waals surface area contributed by atoms with Crippen molar-refractivity contribution in [3.63, 3.8) is 0 Å². The van der Waals surface area contributed by atoms with Gasteiger partial charge < -0.3 is 14.9 Å². The van der Waals surface area contributed by atoms with Crippen LogP contribution in [-0.4, -0.2) is 52.1 Å². The number of nitrogens with zero attached hydrogens (tertiary/aromatic N) is 1. The molecule has 0 aromatic heterocycles. The molecule has 0 saturated carbocycles. The maximum atomic E-state index is 11.7. The van der Waals surface area contributed by atoms with E-state index in [1.807, 2.05) is 19.1 Å². The van der Waals surface area contributed by atoms with Gasteiger partial charge in [-0.05, 0) is 38.3 Å². The van der Waals surface area contributed by atoms with E-state index in [0.29, 0.717) is 13.0 Å². The standard InChI is InChI=1S/C14H21NO4/c1-9-7-11(17)8-15-13(9)12(19-14(15)18)6-4-3-5-10(2)16/h4,6-7,10-13,16-17H,3,5,8H2,1-2H3/b6-4+/t10-,11-,12+,13+/m1/s1. The van der Waals surface area contributed by atoms with Crippen molar-refractivity contribution in [3.05, 3.63) is 23.8 Å². The molecule has 0 aromatic carbocycles. The van der Waals surface area contributed by atoms with Gasteiger partial charge in [0.05, 0.1) is 24.8 Å². The van der Waals surface area contributed by atoms with E-state index in [0.717, 1.165) is 12.0 Å². The second-order valence-corrected chi connectivity index (χ2v) is 5.28. The molecule has 0 unspecified atom stereocenters. The second-order valence-electron chi connectivity index (χ2n) is 5.28. The highest BCUT2D eigenvalue weighted by atomic mass is 16.6. The van der Waals surface area contributed by atoms with Crippen LogP contribution in [0.15, 0.2) is 23.8 Å². The van der Waals surface area contributed by atoms with Crippen molar-refractivity contribution < 1.29 is 19.7 Å². The van der Waals surface area contributed by atoms with Crippen LogP contribution in [0.5, 0.6) is 0 Å². The summed E-state index contributed by atoms with van der Waals surface area (Å²) in [6.07, 6.45) is 5.43. The van der Waals surface area contributed by atoms with Crippen LogP contribution in [0.2, 0.25) is 0 Å². The highest BCUT2D eigenvalue weighted by molar-refractivity contribution is 5.72. The number of allylic oxidation sites excluding steroid dienone is 1. The summed E-state index contributed by atoms with van der Waals surface area (Å²) in [6.45, 7) is 3.94. The molecule has 4 atom stereocenters. The Bertz CT molecular complexity index is 402. The molecule has 106 valence electrons. The summed E-state index contributed by atoms with van der Waals surface area (Å²) in [4.78, 5) is 13.3. The first-order chi connectivity index (χ1) is 8.99. The number of fused-ring (bicyclic) bond motifs is 1. The summed E-state index contributed by atoms with van der Waals surface area (Å²) in [5.41, 5.74) is 0.953. The lowest BCUT2D eigenvalue weighted by atomic mass is 9.96. The summed E-state index contributed by atoms with van der Waals surface area (Å²) >= 11 is 0. The van der Waals surface area contributed by atoms with Gasteiger partial charge in [0.15, 0.2) is 0 Å². The van der Waals surface area contributed by atoms with E-state index in [-0.39, 0.29) is 24.3 Å². The lowest BCUT2D eigenvalue weighted by Crippen LogP contribution is -2.45. The Hall–Kier alpha value is -1.33. The molecule has 2 rings (SSSR count). The molecule has 19 heavy (non-hydrogen) atoms. The maximum Gasteiger partial charge on any atom is 0.411 e. The number of ether oxygens (including phenoxy) is 1. The van der Waals surface area contributed by atoms with Crippen molar-refractivity contribution >= 4 is 6.09 Å². The summed E-state index contributed by atoms with van der Waals surface area (Å²) in [6, 6.07) is -0.112. The van der Waals surface area contributed by atoms with Gasteiger partial charge in [-0.3, -0.25) is 4.90 Å². The zero-order chi connectivity index (χ0) is 14.0. The Kier molecular flexibility index (Phi) is 4.27. The highest BCUT2D eigenvalue weighted by Crippen LogP contribution is 2.30. The van der Waals surface area contributed by atoms with E-state index >= 15 is 0 Å². The molecule has 1 saturated heterocycles. The molecule has 2 heterocycles. The van der Waals surface area contributed by atoms with Gasteiger partial charge in [0, 0.05) is 0 Å². The monoisotopic (exact) mass is 267 g/mol. The van der Waals surface area contributed by atoms with Gasteiger partial charge in [-0.2, -0.15) is 0 Å². The number of carbonyl (C=O) groups excluding carboxylic acids is 1. The molecule has 2 aliphatic heterocycles. The zero-order valence-corrected chi connectivity index (χ0v) is 11.3. The number of carbonyl (C=O) groups is 1. The van der Waals surface area contributed by atoms with Crippen LogP contribution in [-0.2, 0) is 4.74 Å². The van der Waals surface area contributed by atoms with E-state index in [1.165, 1.54) is 0 Å². The van der Waals surface area contributed by atoms with Crippen LogP contribution in [0.3, 0.4) is 0 Å². The number of cyclic esters (lactones) is 1. The van der Waals surface area contributed by atoms with Crippen LogP contribution in [0, 0.1) is 0 Å². The Balaban J connectivity index is 2.02. The minimum Gasteiger partial charge on any atom is -0.439 e. The molecular formula is C14H21NO4. The van der Waals surface area contributed by atoms with E-state index in [9.17, 15) is 15.0 Å². The van der Waals surface area contributed by atoms with Crippen LogP contribution in [0.25, 0.3) is 0 Å². The quantitative estimate of drug-likeness (QED) is 0.751. The fourth-order valence-electron chi connectivity index (χ4n) is 2.60. The van der Waals surface area contributed by atoms with Crippen molar-refractivity contribution in [2.24, 2.45) is 0 Å². The lowest BCUT2D eigenvalue weighted by Gasteiger charge is -2.30. The Morgan fingerprint density at radius 3 is 3.05 bits per heavy atom. The van der Waals surface area contributed by atoms with E-state index in [1.54, 1.807) is 17.9 Å². The van der Waals surface area contributed by atoms with Gasteiger partial charge in [-0.25, -0.2) is 4.79 Å². The van der Waals surface area contributed by atoms with Crippen molar-refractivity contribution in [2.75, 3.05) is 6.54 Å².